The number of rotatable bonds is 8. The maximum Gasteiger partial charge on any atom is 0.352 e. The standard InChI is InChI=1S/C14H20N2O4S/c1-3-7-15(8-4-2)21(19,20)12-9-13(14(17)18)16(10-12)11-5-6-11/h3,9-11H,1,4-8H2,2H3,(H,17,18). The molecule has 0 amide bonds. The summed E-state index contributed by atoms with van der Waals surface area (Å²) >= 11 is 0. The Balaban J connectivity index is 2.41. The van der Waals surface area contributed by atoms with Gasteiger partial charge in [-0.25, -0.2) is 13.2 Å². The highest BCUT2D eigenvalue weighted by atomic mass is 32.2. The van der Waals surface area contributed by atoms with Crippen molar-refractivity contribution < 1.29 is 18.3 Å². The van der Waals surface area contributed by atoms with Crippen molar-refractivity contribution in [3.63, 3.8) is 0 Å². The number of carbonyl (C=O) groups is 1. The maximum absolute atomic E-state index is 12.6. The molecular formula is C14H20N2O4S. The van der Waals surface area contributed by atoms with E-state index < -0.39 is 16.0 Å². The lowest BCUT2D eigenvalue weighted by Crippen LogP contribution is -2.31. The first-order valence-corrected chi connectivity index (χ1v) is 8.42. The summed E-state index contributed by atoms with van der Waals surface area (Å²) in [5, 5.41) is 9.22. The van der Waals surface area contributed by atoms with Crippen LogP contribution in [0, 0.1) is 0 Å². The summed E-state index contributed by atoms with van der Waals surface area (Å²) in [7, 11) is -3.69. The maximum atomic E-state index is 12.6. The van der Waals surface area contributed by atoms with Crippen molar-refractivity contribution in [3.8, 4) is 0 Å². The van der Waals surface area contributed by atoms with E-state index in [2.05, 4.69) is 6.58 Å². The summed E-state index contributed by atoms with van der Waals surface area (Å²) in [6, 6.07) is 1.36. The summed E-state index contributed by atoms with van der Waals surface area (Å²) in [4.78, 5) is 11.3. The van der Waals surface area contributed by atoms with Crippen LogP contribution in [-0.4, -0.2) is 41.5 Å². The fourth-order valence-corrected chi connectivity index (χ4v) is 3.80. The molecule has 1 aromatic heterocycles. The van der Waals surface area contributed by atoms with E-state index in [-0.39, 0.29) is 23.2 Å². The van der Waals surface area contributed by atoms with Crippen LogP contribution in [0.2, 0.25) is 0 Å². The van der Waals surface area contributed by atoms with Crippen LogP contribution in [0.4, 0.5) is 0 Å². The van der Waals surface area contributed by atoms with Crippen LogP contribution < -0.4 is 0 Å². The number of aromatic carboxylic acids is 1. The van der Waals surface area contributed by atoms with E-state index in [0.717, 1.165) is 12.8 Å². The van der Waals surface area contributed by atoms with E-state index in [4.69, 9.17) is 0 Å². The Bertz CT molecular complexity index is 644. The second-order valence-corrected chi connectivity index (χ2v) is 7.09. The average molecular weight is 312 g/mol. The molecule has 0 aliphatic heterocycles. The largest absolute Gasteiger partial charge is 0.477 e. The molecule has 0 bridgehead atoms. The molecule has 0 radical (unpaired) electrons. The number of carboxylic acids is 1. The van der Waals surface area contributed by atoms with Gasteiger partial charge in [-0.1, -0.05) is 13.0 Å². The lowest BCUT2D eigenvalue weighted by Gasteiger charge is -2.19. The number of carboxylic acid groups (broad SMARTS) is 1. The van der Waals surface area contributed by atoms with Gasteiger partial charge < -0.3 is 9.67 Å². The zero-order chi connectivity index (χ0) is 15.6. The van der Waals surface area contributed by atoms with Gasteiger partial charge in [0.1, 0.15) is 10.6 Å². The molecule has 1 aliphatic rings. The minimum atomic E-state index is -3.69. The quantitative estimate of drug-likeness (QED) is 0.746. The highest BCUT2D eigenvalue weighted by molar-refractivity contribution is 7.89. The molecule has 7 heteroatoms. The Kier molecular flexibility index (Phi) is 4.53. The van der Waals surface area contributed by atoms with Gasteiger partial charge in [0.15, 0.2) is 0 Å². The van der Waals surface area contributed by atoms with Gasteiger partial charge in [0.25, 0.3) is 0 Å². The van der Waals surface area contributed by atoms with Crippen molar-refractivity contribution in [3.05, 3.63) is 30.6 Å². The zero-order valence-electron chi connectivity index (χ0n) is 12.0. The third kappa shape index (κ3) is 3.19. The zero-order valence-corrected chi connectivity index (χ0v) is 12.8. The third-order valence-corrected chi connectivity index (χ3v) is 5.26. The van der Waals surface area contributed by atoms with Crippen LogP contribution in [0.1, 0.15) is 42.7 Å². The predicted molar refractivity (Wildman–Crippen MR) is 78.9 cm³/mol. The number of hydrogen-bond donors (Lipinski definition) is 1. The molecule has 6 nitrogen and oxygen atoms in total. The molecule has 0 saturated heterocycles. The summed E-state index contributed by atoms with van der Waals surface area (Å²) in [5.41, 5.74) is 0.0335. The molecule has 1 fully saturated rings. The molecule has 1 heterocycles. The fourth-order valence-electron chi connectivity index (χ4n) is 2.27. The predicted octanol–water partition coefficient (Wildman–Crippen LogP) is 2.11. The Morgan fingerprint density at radius 2 is 2.24 bits per heavy atom. The Morgan fingerprint density at radius 1 is 1.57 bits per heavy atom. The van der Waals surface area contributed by atoms with Gasteiger partial charge in [0.2, 0.25) is 10.0 Å². The van der Waals surface area contributed by atoms with Crippen LogP contribution in [0.25, 0.3) is 0 Å². The SMILES string of the molecule is C=CCN(CCC)S(=O)(=O)c1cc(C(=O)O)n(C2CC2)c1. The van der Waals surface area contributed by atoms with Gasteiger partial charge in [0.05, 0.1) is 0 Å². The van der Waals surface area contributed by atoms with Gasteiger partial charge in [-0.3, -0.25) is 0 Å². The van der Waals surface area contributed by atoms with Gasteiger partial charge in [-0.15, -0.1) is 6.58 Å². The highest BCUT2D eigenvalue weighted by Gasteiger charge is 2.32. The van der Waals surface area contributed by atoms with Crippen molar-refractivity contribution in [2.75, 3.05) is 13.1 Å². The smallest absolute Gasteiger partial charge is 0.352 e. The molecule has 0 unspecified atom stereocenters. The third-order valence-electron chi connectivity index (χ3n) is 3.43. The number of sulfonamides is 1. The number of nitrogens with zero attached hydrogens (tertiary/aromatic N) is 2. The second kappa shape index (κ2) is 6.03. The van der Waals surface area contributed by atoms with E-state index >= 15 is 0 Å². The number of aromatic nitrogens is 1. The van der Waals surface area contributed by atoms with E-state index in [1.165, 1.54) is 22.6 Å². The first kappa shape index (κ1) is 15.8. The van der Waals surface area contributed by atoms with Crippen LogP contribution in [0.3, 0.4) is 0 Å². The Hall–Kier alpha value is -1.60. The summed E-state index contributed by atoms with van der Waals surface area (Å²) in [6.45, 7) is 6.06. The summed E-state index contributed by atoms with van der Waals surface area (Å²) < 4.78 is 28.1. The van der Waals surface area contributed by atoms with Crippen molar-refractivity contribution in [2.24, 2.45) is 0 Å². The molecule has 1 aromatic rings. The molecule has 1 aliphatic carbocycles. The van der Waals surface area contributed by atoms with Gasteiger partial charge in [0, 0.05) is 25.3 Å². The molecule has 0 spiro atoms. The van der Waals surface area contributed by atoms with Crippen molar-refractivity contribution in [2.45, 2.75) is 37.1 Å². The lowest BCUT2D eigenvalue weighted by molar-refractivity contribution is 0.0685. The summed E-state index contributed by atoms with van der Waals surface area (Å²) in [6.07, 6.45) is 5.44. The van der Waals surface area contributed by atoms with E-state index in [9.17, 15) is 18.3 Å². The molecule has 2 rings (SSSR count). The molecule has 0 atom stereocenters. The molecular weight excluding hydrogens is 292 g/mol. The average Bonchev–Trinajstić information content (AvgIpc) is 3.16. The van der Waals surface area contributed by atoms with Crippen LogP contribution in [0.5, 0.6) is 0 Å². The Morgan fingerprint density at radius 3 is 2.71 bits per heavy atom. The Labute approximate surface area is 124 Å². The van der Waals surface area contributed by atoms with Gasteiger partial charge >= 0.3 is 5.97 Å². The minimum absolute atomic E-state index is 0.0335. The van der Waals surface area contributed by atoms with Crippen LogP contribution in [0.15, 0.2) is 29.8 Å². The number of hydrogen-bond acceptors (Lipinski definition) is 3. The molecule has 21 heavy (non-hydrogen) atoms. The highest BCUT2D eigenvalue weighted by Crippen LogP contribution is 2.37. The second-order valence-electron chi connectivity index (χ2n) is 5.16. The van der Waals surface area contributed by atoms with E-state index in [0.29, 0.717) is 13.0 Å². The monoisotopic (exact) mass is 312 g/mol. The van der Waals surface area contributed by atoms with Crippen molar-refractivity contribution >= 4 is 16.0 Å². The molecule has 1 N–H and O–H groups in total. The van der Waals surface area contributed by atoms with Crippen molar-refractivity contribution in [1.82, 2.24) is 8.87 Å². The van der Waals surface area contributed by atoms with E-state index in [1.807, 2.05) is 6.92 Å². The minimum Gasteiger partial charge on any atom is -0.477 e. The van der Waals surface area contributed by atoms with E-state index in [1.54, 1.807) is 4.57 Å². The van der Waals surface area contributed by atoms with Gasteiger partial charge in [-0.2, -0.15) is 4.31 Å². The summed E-state index contributed by atoms with van der Waals surface area (Å²) in [5.74, 6) is -1.10. The first-order chi connectivity index (χ1) is 9.91. The molecule has 0 aromatic carbocycles. The van der Waals surface area contributed by atoms with Crippen molar-refractivity contribution in [1.29, 1.82) is 0 Å². The van der Waals surface area contributed by atoms with Crippen LogP contribution >= 0.6 is 0 Å². The molecule has 1 saturated carbocycles. The normalized spacial score (nSPS) is 15.3. The van der Waals surface area contributed by atoms with Crippen LogP contribution in [-0.2, 0) is 10.0 Å². The van der Waals surface area contributed by atoms with Gasteiger partial charge in [-0.05, 0) is 25.3 Å². The fraction of sp³-hybridized carbons (Fsp3) is 0.500. The topological polar surface area (TPSA) is 79.6 Å². The lowest BCUT2D eigenvalue weighted by atomic mass is 10.4. The first-order valence-electron chi connectivity index (χ1n) is 6.98. The molecule has 116 valence electrons.